The second-order valence-electron chi connectivity index (χ2n) is 4.45. The van der Waals surface area contributed by atoms with Crippen molar-refractivity contribution in [3.63, 3.8) is 0 Å². The van der Waals surface area contributed by atoms with Crippen LogP contribution in [0.4, 0.5) is 0 Å². The minimum absolute atomic E-state index is 0.0473. The van der Waals surface area contributed by atoms with Gasteiger partial charge in [0, 0.05) is 11.6 Å². The van der Waals surface area contributed by atoms with Crippen LogP contribution in [0.15, 0.2) is 54.9 Å². The van der Waals surface area contributed by atoms with Crippen molar-refractivity contribution in [2.45, 2.75) is 6.04 Å². The highest BCUT2D eigenvalue weighted by atomic mass is 35.5. The molecule has 0 fully saturated rings. The van der Waals surface area contributed by atoms with Crippen molar-refractivity contribution in [3.8, 4) is 0 Å². The highest BCUT2D eigenvalue weighted by Gasteiger charge is 2.14. The molecular formula is C15H14ClN3. The van der Waals surface area contributed by atoms with Gasteiger partial charge in [0.05, 0.1) is 23.4 Å². The van der Waals surface area contributed by atoms with Crippen LogP contribution in [0, 0.1) is 0 Å². The molecular weight excluding hydrogens is 258 g/mol. The Morgan fingerprint density at radius 2 is 2.00 bits per heavy atom. The fourth-order valence-corrected chi connectivity index (χ4v) is 2.55. The third kappa shape index (κ3) is 2.23. The predicted octanol–water partition coefficient (Wildman–Crippen LogP) is 3.24. The number of hydrogen-bond donors (Lipinski definition) is 1. The van der Waals surface area contributed by atoms with Gasteiger partial charge in [0.2, 0.25) is 0 Å². The van der Waals surface area contributed by atoms with Gasteiger partial charge in [-0.2, -0.15) is 0 Å². The first-order chi connectivity index (χ1) is 9.29. The summed E-state index contributed by atoms with van der Waals surface area (Å²) in [5.74, 6) is 0. The molecule has 0 aliphatic rings. The van der Waals surface area contributed by atoms with Crippen LogP contribution in [-0.4, -0.2) is 16.1 Å². The van der Waals surface area contributed by atoms with E-state index in [0.717, 1.165) is 21.6 Å². The number of fused-ring (bicyclic) bond motifs is 1. The molecule has 96 valence electrons. The van der Waals surface area contributed by atoms with Gasteiger partial charge in [0.25, 0.3) is 0 Å². The largest absolute Gasteiger partial charge is 0.328 e. The van der Waals surface area contributed by atoms with E-state index in [9.17, 15) is 0 Å². The summed E-state index contributed by atoms with van der Waals surface area (Å²) in [5, 5.41) is 0.723. The number of hydrogen-bond acceptors (Lipinski definition) is 2. The van der Waals surface area contributed by atoms with Crippen LogP contribution in [0.2, 0.25) is 5.02 Å². The van der Waals surface area contributed by atoms with E-state index < -0.39 is 0 Å². The number of imidazole rings is 1. The maximum atomic E-state index is 6.06. The van der Waals surface area contributed by atoms with Crippen molar-refractivity contribution in [1.82, 2.24) is 9.55 Å². The summed E-state index contributed by atoms with van der Waals surface area (Å²) in [7, 11) is 0. The second kappa shape index (κ2) is 5.03. The van der Waals surface area contributed by atoms with Crippen molar-refractivity contribution in [3.05, 3.63) is 65.4 Å². The molecule has 0 saturated heterocycles. The van der Waals surface area contributed by atoms with Gasteiger partial charge < -0.3 is 10.3 Å². The van der Waals surface area contributed by atoms with Gasteiger partial charge in [-0.1, -0.05) is 35.9 Å². The average Bonchev–Trinajstić information content (AvgIpc) is 2.84. The van der Waals surface area contributed by atoms with Crippen LogP contribution in [0.1, 0.15) is 11.6 Å². The molecule has 3 nitrogen and oxygen atoms in total. The molecule has 4 heteroatoms. The Labute approximate surface area is 116 Å². The zero-order valence-corrected chi connectivity index (χ0v) is 11.1. The topological polar surface area (TPSA) is 43.8 Å². The molecule has 0 radical (unpaired) electrons. The second-order valence-corrected chi connectivity index (χ2v) is 4.88. The van der Waals surface area contributed by atoms with E-state index in [0.29, 0.717) is 6.54 Å². The lowest BCUT2D eigenvalue weighted by Gasteiger charge is -2.18. The Bertz CT molecular complexity index is 705. The lowest BCUT2D eigenvalue weighted by Crippen LogP contribution is -2.19. The Kier molecular flexibility index (Phi) is 3.23. The van der Waals surface area contributed by atoms with Gasteiger partial charge in [-0.05, 0) is 29.8 Å². The molecule has 3 aromatic rings. The number of para-hydroxylation sites is 2. The van der Waals surface area contributed by atoms with Crippen molar-refractivity contribution in [1.29, 1.82) is 0 Å². The van der Waals surface area contributed by atoms with Gasteiger partial charge in [-0.3, -0.25) is 0 Å². The number of halogens is 1. The van der Waals surface area contributed by atoms with Crippen LogP contribution in [0.25, 0.3) is 11.0 Å². The molecule has 0 bridgehead atoms. The number of aromatic nitrogens is 2. The van der Waals surface area contributed by atoms with E-state index >= 15 is 0 Å². The quantitative estimate of drug-likeness (QED) is 0.795. The van der Waals surface area contributed by atoms with Gasteiger partial charge in [-0.15, -0.1) is 0 Å². The summed E-state index contributed by atoms with van der Waals surface area (Å²) in [5.41, 5.74) is 9.10. The number of rotatable bonds is 3. The van der Waals surface area contributed by atoms with Gasteiger partial charge in [0.15, 0.2) is 0 Å². The van der Waals surface area contributed by atoms with Crippen molar-refractivity contribution in [2.24, 2.45) is 5.73 Å². The lowest BCUT2D eigenvalue weighted by molar-refractivity contribution is 0.610. The van der Waals surface area contributed by atoms with Gasteiger partial charge in [0.1, 0.15) is 0 Å². The summed E-state index contributed by atoms with van der Waals surface area (Å²) < 4.78 is 2.10. The van der Waals surface area contributed by atoms with Crippen molar-refractivity contribution >= 4 is 22.6 Å². The summed E-state index contributed by atoms with van der Waals surface area (Å²) in [4.78, 5) is 4.41. The molecule has 0 aliphatic carbocycles. The number of nitrogens with two attached hydrogens (primary N) is 1. The maximum Gasteiger partial charge on any atom is 0.0964 e. The van der Waals surface area contributed by atoms with E-state index in [1.54, 1.807) is 0 Å². The third-order valence-corrected chi connectivity index (χ3v) is 3.51. The molecule has 19 heavy (non-hydrogen) atoms. The summed E-state index contributed by atoms with van der Waals surface area (Å²) in [6.45, 7) is 0.501. The molecule has 1 aromatic heterocycles. The maximum absolute atomic E-state index is 6.06. The van der Waals surface area contributed by atoms with Gasteiger partial charge in [-0.25, -0.2) is 4.98 Å². The highest BCUT2D eigenvalue weighted by molar-refractivity contribution is 6.30. The summed E-state index contributed by atoms with van der Waals surface area (Å²) in [6, 6.07) is 15.9. The monoisotopic (exact) mass is 271 g/mol. The lowest BCUT2D eigenvalue weighted by atomic mass is 10.1. The normalized spacial score (nSPS) is 12.7. The molecule has 2 N–H and O–H groups in total. The van der Waals surface area contributed by atoms with Crippen LogP contribution < -0.4 is 5.73 Å². The van der Waals surface area contributed by atoms with Crippen LogP contribution in [-0.2, 0) is 0 Å². The molecule has 0 aliphatic heterocycles. The molecule has 1 unspecified atom stereocenters. The Balaban J connectivity index is 2.12. The van der Waals surface area contributed by atoms with Crippen LogP contribution in [0.5, 0.6) is 0 Å². The third-order valence-electron chi connectivity index (χ3n) is 3.27. The molecule has 0 spiro atoms. The molecule has 0 amide bonds. The average molecular weight is 272 g/mol. The van der Waals surface area contributed by atoms with E-state index in [1.807, 2.05) is 48.8 Å². The molecule has 3 rings (SSSR count). The van der Waals surface area contributed by atoms with Gasteiger partial charge >= 0.3 is 0 Å². The van der Waals surface area contributed by atoms with Crippen molar-refractivity contribution in [2.75, 3.05) is 6.54 Å². The zero-order valence-electron chi connectivity index (χ0n) is 10.3. The molecule has 1 heterocycles. The molecule has 0 saturated carbocycles. The fraction of sp³-hybridized carbons (Fsp3) is 0.133. The minimum Gasteiger partial charge on any atom is -0.328 e. The fourth-order valence-electron chi connectivity index (χ4n) is 2.35. The first-order valence-corrected chi connectivity index (χ1v) is 6.54. The van der Waals surface area contributed by atoms with E-state index in [2.05, 4.69) is 15.6 Å². The first kappa shape index (κ1) is 12.2. The van der Waals surface area contributed by atoms with E-state index in [4.69, 9.17) is 17.3 Å². The first-order valence-electron chi connectivity index (χ1n) is 6.16. The zero-order chi connectivity index (χ0) is 13.2. The standard InChI is InChI=1S/C15H14ClN3/c16-12-5-3-4-11(8-12)15(9-17)19-10-18-13-6-1-2-7-14(13)19/h1-8,10,15H,9,17H2. The summed E-state index contributed by atoms with van der Waals surface area (Å²) in [6.07, 6.45) is 1.84. The van der Waals surface area contributed by atoms with Crippen molar-refractivity contribution < 1.29 is 0 Å². The highest BCUT2D eigenvalue weighted by Crippen LogP contribution is 2.24. The number of benzene rings is 2. The van der Waals surface area contributed by atoms with Crippen LogP contribution >= 0.6 is 11.6 Å². The number of nitrogens with zero attached hydrogens (tertiary/aromatic N) is 2. The molecule has 2 aromatic carbocycles. The van der Waals surface area contributed by atoms with Crippen LogP contribution in [0.3, 0.4) is 0 Å². The summed E-state index contributed by atoms with van der Waals surface area (Å²) >= 11 is 6.06. The SMILES string of the molecule is NCC(c1cccc(Cl)c1)n1cnc2ccccc21. The minimum atomic E-state index is 0.0473. The smallest absolute Gasteiger partial charge is 0.0964 e. The Morgan fingerprint density at radius 1 is 1.16 bits per heavy atom. The predicted molar refractivity (Wildman–Crippen MR) is 78.4 cm³/mol. The Hall–Kier alpha value is -1.84. The van der Waals surface area contributed by atoms with E-state index in [1.165, 1.54) is 0 Å². The molecule has 1 atom stereocenters. The Morgan fingerprint density at radius 3 is 2.79 bits per heavy atom. The van der Waals surface area contributed by atoms with E-state index in [-0.39, 0.29) is 6.04 Å².